The molecule has 84 valence electrons. The van der Waals surface area contributed by atoms with Crippen molar-refractivity contribution in [3.05, 3.63) is 0 Å². The van der Waals surface area contributed by atoms with Crippen molar-refractivity contribution in [3.8, 4) is 0 Å². The molecule has 0 radical (unpaired) electrons. The summed E-state index contributed by atoms with van der Waals surface area (Å²) in [7, 11) is 0. The van der Waals surface area contributed by atoms with Gasteiger partial charge >= 0.3 is 87.4 Å². The van der Waals surface area contributed by atoms with Crippen LogP contribution in [-0.4, -0.2) is 97.6 Å². The average Bonchev–Trinajstić information content (AvgIpc) is 2.01. The first-order chi connectivity index (χ1) is 6.13. The zero-order valence-corrected chi connectivity index (χ0v) is 13.5. The first-order valence-corrected chi connectivity index (χ1v) is 4.56. The van der Waals surface area contributed by atoms with Gasteiger partial charge in [0.25, 0.3) is 0 Å². The van der Waals surface area contributed by atoms with E-state index in [1.165, 1.54) is 0 Å². The van der Waals surface area contributed by atoms with Crippen LogP contribution in [0.1, 0.15) is 50.7 Å². The Bertz CT molecular complexity index is 170. The van der Waals surface area contributed by atoms with Gasteiger partial charge in [-0.15, -0.1) is 0 Å². The minimum atomic E-state index is -0.759. The van der Waals surface area contributed by atoms with E-state index in [0.717, 1.165) is 19.3 Å². The molecule has 0 bridgehead atoms. The van der Waals surface area contributed by atoms with Gasteiger partial charge in [-0.2, -0.15) is 0 Å². The molecule has 0 amide bonds. The van der Waals surface area contributed by atoms with Crippen molar-refractivity contribution < 1.29 is 25.5 Å². The smallest absolute Gasteiger partial charge is 1.00 e. The van der Waals surface area contributed by atoms with Gasteiger partial charge in [-0.05, 0) is 12.8 Å². The molecule has 6 heteroatoms. The van der Waals surface area contributed by atoms with Gasteiger partial charge in [-0.1, -0.05) is 19.3 Å². The van der Waals surface area contributed by atoms with Gasteiger partial charge in [0.15, 0.2) is 0 Å². The average molecular weight is 272 g/mol. The molecule has 0 unspecified atom stereocenters. The largest absolute Gasteiger partial charge is 2.00 e. The molecule has 0 aliphatic carbocycles. The van der Waals surface area contributed by atoms with Crippen molar-refractivity contribution >= 4 is 87.4 Å². The zero-order valence-electron chi connectivity index (χ0n) is 13.1. The Morgan fingerprint density at radius 2 is 1.00 bits per heavy atom. The molecular formula is C9H20Ca2O4. The van der Waals surface area contributed by atoms with E-state index in [1.807, 2.05) is 0 Å². The van der Waals surface area contributed by atoms with Crippen LogP contribution in [0.5, 0.6) is 0 Å². The Hall–Kier alpha value is 1.46. The monoisotopic (exact) mass is 272 g/mol. The predicted molar refractivity (Wildman–Crippen MR) is 63.5 cm³/mol. The third-order valence-electron chi connectivity index (χ3n) is 1.78. The summed E-state index contributed by atoms with van der Waals surface area (Å²) in [6.45, 7) is 0. The quantitative estimate of drug-likeness (QED) is 0.519. The first kappa shape index (κ1) is 21.7. The Morgan fingerprint density at radius 1 is 0.733 bits per heavy atom. The third-order valence-corrected chi connectivity index (χ3v) is 1.78. The summed E-state index contributed by atoms with van der Waals surface area (Å²) in [5.41, 5.74) is 0. The standard InChI is InChI=1S/C9H16O4.2Ca.4H/c10-8(11)6-4-2-1-3-5-7-9(12)13;;;;;;/h1-7H2,(H,10,11)(H,12,13);;;;;;/q;2*+2;4*-1. The maximum absolute atomic E-state index is 10.1. The molecule has 0 spiro atoms. The van der Waals surface area contributed by atoms with Gasteiger partial charge in [0, 0.05) is 12.8 Å². The summed E-state index contributed by atoms with van der Waals surface area (Å²) in [4.78, 5) is 20.2. The second-order valence-corrected chi connectivity index (χ2v) is 3.06. The number of unbranched alkanes of at least 4 members (excludes halogenated alkanes) is 4. The van der Waals surface area contributed by atoms with E-state index in [2.05, 4.69) is 0 Å². The van der Waals surface area contributed by atoms with Crippen molar-refractivity contribution in [1.29, 1.82) is 0 Å². The van der Waals surface area contributed by atoms with Crippen molar-refractivity contribution in [2.45, 2.75) is 44.9 Å². The van der Waals surface area contributed by atoms with Crippen molar-refractivity contribution in [2.24, 2.45) is 0 Å². The third kappa shape index (κ3) is 21.3. The van der Waals surface area contributed by atoms with Gasteiger partial charge in [0.05, 0.1) is 0 Å². The molecule has 4 nitrogen and oxygen atoms in total. The van der Waals surface area contributed by atoms with E-state index in [4.69, 9.17) is 10.2 Å². The SMILES string of the molecule is O=C(O)CCCCCCCC(=O)O.[Ca+2].[Ca+2].[H-].[H-].[H-].[H-]. The van der Waals surface area contributed by atoms with Crippen LogP contribution in [0.25, 0.3) is 0 Å². The number of hydrogen-bond donors (Lipinski definition) is 2. The second-order valence-electron chi connectivity index (χ2n) is 3.06. The Balaban J connectivity index is -0.0000000480. The number of hydrogen-bond acceptors (Lipinski definition) is 2. The van der Waals surface area contributed by atoms with Crippen LogP contribution in [0.15, 0.2) is 0 Å². The number of rotatable bonds is 8. The van der Waals surface area contributed by atoms with E-state index in [9.17, 15) is 9.59 Å². The Morgan fingerprint density at radius 3 is 1.27 bits per heavy atom. The van der Waals surface area contributed by atoms with Crippen molar-refractivity contribution in [1.82, 2.24) is 0 Å². The molecule has 0 atom stereocenters. The van der Waals surface area contributed by atoms with Crippen molar-refractivity contribution in [2.75, 3.05) is 0 Å². The number of carboxylic acid groups (broad SMARTS) is 2. The molecule has 0 aliphatic rings. The molecule has 0 aliphatic heterocycles. The molecule has 15 heavy (non-hydrogen) atoms. The summed E-state index contributed by atoms with van der Waals surface area (Å²) in [5, 5.41) is 16.6. The maximum Gasteiger partial charge on any atom is 2.00 e. The summed E-state index contributed by atoms with van der Waals surface area (Å²) >= 11 is 0. The summed E-state index contributed by atoms with van der Waals surface area (Å²) in [6, 6.07) is 0. The second kappa shape index (κ2) is 15.5. The molecular weight excluding hydrogens is 252 g/mol. The number of carboxylic acids is 2. The van der Waals surface area contributed by atoms with Crippen LogP contribution in [0.4, 0.5) is 0 Å². The normalized spacial score (nSPS) is 8.53. The minimum Gasteiger partial charge on any atom is -1.00 e. The van der Waals surface area contributed by atoms with E-state index in [1.54, 1.807) is 0 Å². The summed E-state index contributed by atoms with van der Waals surface area (Å²) in [5.74, 6) is -1.52. The topological polar surface area (TPSA) is 74.6 Å². The molecule has 0 aromatic carbocycles. The summed E-state index contributed by atoms with van der Waals surface area (Å²) in [6.07, 6.45) is 4.53. The minimum absolute atomic E-state index is 0. The van der Waals surface area contributed by atoms with Gasteiger partial charge in [-0.25, -0.2) is 0 Å². The van der Waals surface area contributed by atoms with E-state index in [0.29, 0.717) is 12.8 Å². The van der Waals surface area contributed by atoms with Gasteiger partial charge in [0.1, 0.15) is 0 Å². The Labute approximate surface area is 156 Å². The molecule has 0 saturated heterocycles. The first-order valence-electron chi connectivity index (χ1n) is 4.56. The molecule has 0 aromatic heterocycles. The van der Waals surface area contributed by atoms with Gasteiger partial charge < -0.3 is 15.9 Å². The van der Waals surface area contributed by atoms with E-state index >= 15 is 0 Å². The fourth-order valence-corrected chi connectivity index (χ4v) is 1.08. The fourth-order valence-electron chi connectivity index (χ4n) is 1.08. The molecule has 0 rings (SSSR count). The Kier molecular flexibility index (Phi) is 22.4. The zero-order chi connectivity index (χ0) is 10.1. The van der Waals surface area contributed by atoms with Gasteiger partial charge in [-0.3, -0.25) is 9.59 Å². The maximum atomic E-state index is 10.1. The van der Waals surface area contributed by atoms with Crippen LogP contribution >= 0.6 is 0 Å². The molecule has 0 aromatic rings. The van der Waals surface area contributed by atoms with Crippen molar-refractivity contribution in [3.63, 3.8) is 0 Å². The number of carbonyl (C=O) groups is 2. The molecule has 0 saturated carbocycles. The van der Waals surface area contributed by atoms with E-state index < -0.39 is 11.9 Å². The molecule has 0 fully saturated rings. The molecule has 0 heterocycles. The van der Waals surface area contributed by atoms with E-state index in [-0.39, 0.29) is 94.0 Å². The van der Waals surface area contributed by atoms with Crippen LogP contribution in [0.2, 0.25) is 0 Å². The van der Waals surface area contributed by atoms with Crippen LogP contribution < -0.4 is 0 Å². The number of aliphatic carboxylic acids is 2. The van der Waals surface area contributed by atoms with Crippen LogP contribution in [0.3, 0.4) is 0 Å². The summed E-state index contributed by atoms with van der Waals surface area (Å²) < 4.78 is 0. The fraction of sp³-hybridized carbons (Fsp3) is 0.778. The van der Waals surface area contributed by atoms with Crippen LogP contribution in [-0.2, 0) is 9.59 Å². The van der Waals surface area contributed by atoms with Gasteiger partial charge in [0.2, 0.25) is 0 Å². The predicted octanol–water partition coefficient (Wildman–Crippen LogP) is 1.57. The molecule has 2 N–H and O–H groups in total. The van der Waals surface area contributed by atoms with Crippen LogP contribution in [0, 0.1) is 0 Å².